The zero-order chi connectivity index (χ0) is 10.5. The zero-order valence-corrected chi connectivity index (χ0v) is 8.69. The molecule has 0 aromatic carbocycles. The van der Waals surface area contributed by atoms with Crippen LogP contribution in [0.25, 0.3) is 0 Å². The molecule has 1 unspecified atom stereocenters. The van der Waals surface area contributed by atoms with E-state index in [-0.39, 0.29) is 11.4 Å². The number of carbonyl (C=O) groups is 1. The lowest BCUT2D eigenvalue weighted by Gasteiger charge is -2.18. The van der Waals surface area contributed by atoms with Gasteiger partial charge in [0.25, 0.3) is 0 Å². The molecule has 5 heteroatoms. The molecular weight excluding hydrogens is 194 g/mol. The molecule has 0 bridgehead atoms. The summed E-state index contributed by atoms with van der Waals surface area (Å²) in [6, 6.07) is 0. The topological polar surface area (TPSA) is 60.3 Å². The van der Waals surface area contributed by atoms with Crippen LogP contribution in [-0.2, 0) is 16.9 Å². The molecule has 0 amide bonds. The van der Waals surface area contributed by atoms with Crippen molar-refractivity contribution in [3.63, 3.8) is 0 Å². The molecule has 1 saturated heterocycles. The largest absolute Gasteiger partial charge is 0.363 e. The highest BCUT2D eigenvalue weighted by molar-refractivity contribution is 5.96. The fourth-order valence-electron chi connectivity index (χ4n) is 2.24. The molecule has 1 aromatic heterocycles. The fourth-order valence-corrected chi connectivity index (χ4v) is 2.24. The van der Waals surface area contributed by atoms with E-state index >= 15 is 0 Å². The smallest absolute Gasteiger partial charge is 0.185 e. The molecule has 2 heterocycles. The highest BCUT2D eigenvalue weighted by Crippen LogP contribution is 2.47. The monoisotopic (exact) mass is 207 g/mol. The van der Waals surface area contributed by atoms with E-state index in [0.717, 1.165) is 25.1 Å². The molecule has 1 aliphatic heterocycles. The Labute approximate surface area is 87.4 Å². The van der Waals surface area contributed by atoms with Crippen LogP contribution in [0.3, 0.4) is 0 Å². The Hall–Kier alpha value is -1.23. The first-order chi connectivity index (χ1) is 7.27. The van der Waals surface area contributed by atoms with Crippen LogP contribution in [0.2, 0.25) is 0 Å². The summed E-state index contributed by atoms with van der Waals surface area (Å²) >= 11 is 0. The molecule has 1 fully saturated rings. The Kier molecular flexibility index (Phi) is 1.74. The molecule has 80 valence electrons. The zero-order valence-electron chi connectivity index (χ0n) is 8.69. The summed E-state index contributed by atoms with van der Waals surface area (Å²) in [7, 11) is 0. The van der Waals surface area contributed by atoms with Crippen LogP contribution in [0, 0.1) is 0 Å². The SMILES string of the molecule is CCCn1nnc2c1C1(CCC2=O)CO1. The van der Waals surface area contributed by atoms with Crippen LogP contribution >= 0.6 is 0 Å². The maximum absolute atomic E-state index is 11.6. The van der Waals surface area contributed by atoms with E-state index in [1.54, 1.807) is 0 Å². The van der Waals surface area contributed by atoms with E-state index in [0.29, 0.717) is 18.7 Å². The number of epoxide rings is 1. The fraction of sp³-hybridized carbons (Fsp3) is 0.700. The summed E-state index contributed by atoms with van der Waals surface area (Å²) in [4.78, 5) is 11.6. The number of Topliss-reactive ketones (excluding diaryl/α,β-unsaturated/α-hetero) is 1. The summed E-state index contributed by atoms with van der Waals surface area (Å²) in [5.41, 5.74) is 1.23. The first kappa shape index (κ1) is 9.03. The van der Waals surface area contributed by atoms with Crippen molar-refractivity contribution < 1.29 is 9.53 Å². The van der Waals surface area contributed by atoms with E-state index in [1.807, 2.05) is 4.68 Å². The molecule has 0 saturated carbocycles. The van der Waals surface area contributed by atoms with Crippen LogP contribution in [0.5, 0.6) is 0 Å². The maximum atomic E-state index is 11.6. The third-order valence-electron chi connectivity index (χ3n) is 3.11. The van der Waals surface area contributed by atoms with Gasteiger partial charge in [-0.2, -0.15) is 0 Å². The van der Waals surface area contributed by atoms with E-state index in [1.165, 1.54) is 0 Å². The molecule has 0 radical (unpaired) electrons. The number of aromatic nitrogens is 3. The van der Waals surface area contributed by atoms with Gasteiger partial charge in [0.1, 0.15) is 11.3 Å². The third kappa shape index (κ3) is 1.16. The van der Waals surface area contributed by atoms with Gasteiger partial charge in [0.15, 0.2) is 11.5 Å². The van der Waals surface area contributed by atoms with Crippen molar-refractivity contribution in [2.45, 2.75) is 38.3 Å². The Morgan fingerprint density at radius 2 is 2.40 bits per heavy atom. The lowest BCUT2D eigenvalue weighted by Crippen LogP contribution is -2.25. The van der Waals surface area contributed by atoms with Gasteiger partial charge in [0, 0.05) is 13.0 Å². The first-order valence-corrected chi connectivity index (χ1v) is 5.38. The number of hydrogen-bond acceptors (Lipinski definition) is 4. The van der Waals surface area contributed by atoms with Gasteiger partial charge in [-0.15, -0.1) is 5.10 Å². The summed E-state index contributed by atoms with van der Waals surface area (Å²) in [5, 5.41) is 8.01. The van der Waals surface area contributed by atoms with Gasteiger partial charge in [-0.3, -0.25) is 4.79 Å². The Morgan fingerprint density at radius 1 is 1.60 bits per heavy atom. The summed E-state index contributed by atoms with van der Waals surface area (Å²) in [5.74, 6) is 0.105. The summed E-state index contributed by atoms with van der Waals surface area (Å²) < 4.78 is 7.34. The van der Waals surface area contributed by atoms with Crippen molar-refractivity contribution in [3.8, 4) is 0 Å². The number of carbonyl (C=O) groups excluding carboxylic acids is 1. The average molecular weight is 207 g/mol. The van der Waals surface area contributed by atoms with E-state index < -0.39 is 0 Å². The molecule has 0 N–H and O–H groups in total. The van der Waals surface area contributed by atoms with Gasteiger partial charge in [-0.05, 0) is 12.8 Å². The van der Waals surface area contributed by atoms with Crippen molar-refractivity contribution in [2.75, 3.05) is 6.61 Å². The highest BCUT2D eigenvalue weighted by atomic mass is 16.6. The van der Waals surface area contributed by atoms with Crippen molar-refractivity contribution >= 4 is 5.78 Å². The number of rotatable bonds is 2. The predicted octanol–water partition coefficient (Wildman–Crippen LogP) is 0.890. The van der Waals surface area contributed by atoms with E-state index in [9.17, 15) is 4.79 Å². The number of hydrogen-bond donors (Lipinski definition) is 0. The first-order valence-electron chi connectivity index (χ1n) is 5.38. The number of ketones is 1. The van der Waals surface area contributed by atoms with Crippen molar-refractivity contribution in [3.05, 3.63) is 11.4 Å². The molecule has 15 heavy (non-hydrogen) atoms. The number of nitrogens with zero attached hydrogens (tertiary/aromatic N) is 3. The molecule has 1 spiro atoms. The highest BCUT2D eigenvalue weighted by Gasteiger charge is 2.54. The second-order valence-electron chi connectivity index (χ2n) is 4.22. The molecule has 1 aromatic rings. The number of ether oxygens (including phenoxy) is 1. The van der Waals surface area contributed by atoms with E-state index in [2.05, 4.69) is 17.2 Å². The number of fused-ring (bicyclic) bond motifs is 2. The molecular formula is C10H13N3O2. The van der Waals surface area contributed by atoms with Crippen LogP contribution in [-0.4, -0.2) is 27.4 Å². The lowest BCUT2D eigenvalue weighted by molar-refractivity contribution is 0.0939. The van der Waals surface area contributed by atoms with Crippen molar-refractivity contribution in [1.29, 1.82) is 0 Å². The minimum Gasteiger partial charge on any atom is -0.363 e. The Bertz CT molecular complexity index is 420. The second kappa shape index (κ2) is 2.88. The van der Waals surface area contributed by atoms with Gasteiger partial charge in [-0.1, -0.05) is 12.1 Å². The van der Waals surface area contributed by atoms with Gasteiger partial charge < -0.3 is 4.74 Å². The lowest BCUT2D eigenvalue weighted by atomic mass is 9.89. The van der Waals surface area contributed by atoms with Crippen LogP contribution in [0.4, 0.5) is 0 Å². The van der Waals surface area contributed by atoms with Crippen molar-refractivity contribution in [2.24, 2.45) is 0 Å². The minimum absolute atomic E-state index is 0.105. The summed E-state index contributed by atoms with van der Waals surface area (Å²) in [6.07, 6.45) is 2.31. The van der Waals surface area contributed by atoms with Gasteiger partial charge in [0.05, 0.1) is 6.61 Å². The van der Waals surface area contributed by atoms with Crippen molar-refractivity contribution in [1.82, 2.24) is 15.0 Å². The van der Waals surface area contributed by atoms with Gasteiger partial charge >= 0.3 is 0 Å². The van der Waals surface area contributed by atoms with Gasteiger partial charge in [-0.25, -0.2) is 4.68 Å². The standard InChI is InChI=1S/C10H13N3O2/c1-2-5-13-9-8(11-12-13)7(14)3-4-10(9)6-15-10/h2-6H2,1H3. The second-order valence-corrected chi connectivity index (χ2v) is 4.22. The third-order valence-corrected chi connectivity index (χ3v) is 3.11. The molecule has 5 nitrogen and oxygen atoms in total. The number of aryl methyl sites for hydroxylation is 1. The Morgan fingerprint density at radius 3 is 3.07 bits per heavy atom. The predicted molar refractivity (Wildman–Crippen MR) is 51.5 cm³/mol. The quantitative estimate of drug-likeness (QED) is 0.676. The van der Waals surface area contributed by atoms with Crippen LogP contribution in [0.1, 0.15) is 42.4 Å². The van der Waals surface area contributed by atoms with Crippen LogP contribution < -0.4 is 0 Å². The minimum atomic E-state index is -0.220. The maximum Gasteiger partial charge on any atom is 0.185 e. The summed E-state index contributed by atoms with van der Waals surface area (Å²) in [6.45, 7) is 3.60. The molecule has 2 aliphatic rings. The molecule has 1 aliphatic carbocycles. The molecule has 1 atom stereocenters. The van der Waals surface area contributed by atoms with E-state index in [4.69, 9.17) is 4.74 Å². The normalized spacial score (nSPS) is 28.2. The Balaban J connectivity index is 2.11. The average Bonchev–Trinajstić information content (AvgIpc) is 2.87. The van der Waals surface area contributed by atoms with Crippen LogP contribution in [0.15, 0.2) is 0 Å². The molecule has 3 rings (SSSR count). The van der Waals surface area contributed by atoms with Gasteiger partial charge in [0.2, 0.25) is 0 Å².